The van der Waals surface area contributed by atoms with Crippen LogP contribution in [-0.2, 0) is 0 Å². The lowest BCUT2D eigenvalue weighted by Gasteiger charge is -2.29. The van der Waals surface area contributed by atoms with Crippen LogP contribution in [0.2, 0.25) is 0 Å². The fraction of sp³-hybridized carbons (Fsp3) is 0.222. The number of hydrogen-bond acceptors (Lipinski definition) is 2. The number of halogens is 2. The molecule has 2 unspecified atom stereocenters. The summed E-state index contributed by atoms with van der Waals surface area (Å²) in [4.78, 5) is 5.12. The van der Waals surface area contributed by atoms with Crippen LogP contribution in [0.3, 0.4) is 0 Å². The van der Waals surface area contributed by atoms with Crippen molar-refractivity contribution in [3.8, 4) is 5.75 Å². The number of aromatic amines is 1. The lowest BCUT2D eigenvalue weighted by Crippen LogP contribution is -2.31. The second-order valence-corrected chi connectivity index (χ2v) is 6.06. The predicted molar refractivity (Wildman–Crippen MR) is 91.4 cm³/mol. The molecule has 5 heteroatoms. The van der Waals surface area contributed by atoms with Crippen molar-refractivity contribution in [3.05, 3.63) is 66.1 Å². The largest absolute Gasteiger partial charge is 0.470 e. The van der Waals surface area contributed by atoms with Gasteiger partial charge in [-0.2, -0.15) is 0 Å². The molecule has 2 atom stereocenters. The summed E-state index contributed by atoms with van der Waals surface area (Å²) >= 11 is 6.54. The summed E-state index contributed by atoms with van der Waals surface area (Å²) < 4.78 is 19.1. The summed E-state index contributed by atoms with van der Waals surface area (Å²) in [7, 11) is 3.84. The summed E-state index contributed by atoms with van der Waals surface area (Å²) in [5, 5.41) is 0.981. The first-order chi connectivity index (χ1) is 11.1. The minimum absolute atomic E-state index is 0.203. The number of nitrogens with one attached hydrogen (secondary N) is 1. The van der Waals surface area contributed by atoms with Crippen molar-refractivity contribution in [2.45, 2.75) is 11.6 Å². The third-order valence-electron chi connectivity index (χ3n) is 3.81. The number of fused-ring (bicyclic) bond motifs is 1. The molecule has 3 aromatic rings. The van der Waals surface area contributed by atoms with Gasteiger partial charge in [0.2, 0.25) is 0 Å². The van der Waals surface area contributed by atoms with Gasteiger partial charge in [0.1, 0.15) is 11.6 Å². The number of aromatic nitrogens is 1. The van der Waals surface area contributed by atoms with Crippen molar-refractivity contribution in [1.29, 1.82) is 0 Å². The predicted octanol–water partition coefficient (Wildman–Crippen LogP) is 4.55. The van der Waals surface area contributed by atoms with Crippen LogP contribution < -0.4 is 4.74 Å². The van der Waals surface area contributed by atoms with Crippen molar-refractivity contribution >= 4 is 22.5 Å². The molecule has 23 heavy (non-hydrogen) atoms. The normalized spacial score (nSPS) is 14.1. The van der Waals surface area contributed by atoms with E-state index in [9.17, 15) is 4.39 Å². The Morgan fingerprint density at radius 3 is 2.48 bits per heavy atom. The Hall–Kier alpha value is -2.04. The molecule has 3 nitrogen and oxygen atoms in total. The van der Waals surface area contributed by atoms with Crippen LogP contribution in [0, 0.1) is 5.82 Å². The Kier molecular flexibility index (Phi) is 4.55. The van der Waals surface area contributed by atoms with Crippen LogP contribution >= 0.6 is 11.6 Å². The maximum Gasteiger partial charge on any atom is 0.191 e. The number of nitrogens with zero attached hydrogens (tertiary/aromatic N) is 1. The molecule has 0 saturated heterocycles. The molecule has 0 aliphatic rings. The van der Waals surface area contributed by atoms with Crippen LogP contribution in [0.1, 0.15) is 11.6 Å². The molecule has 2 aromatic carbocycles. The number of ether oxygens (including phenoxy) is 1. The Morgan fingerprint density at radius 1 is 1.09 bits per heavy atom. The number of hydrogen-bond donors (Lipinski definition) is 1. The first kappa shape index (κ1) is 15.8. The van der Waals surface area contributed by atoms with Crippen molar-refractivity contribution in [2.24, 2.45) is 0 Å². The topological polar surface area (TPSA) is 28.3 Å². The molecule has 120 valence electrons. The molecule has 0 aliphatic carbocycles. The minimum atomic E-state index is -0.616. The van der Waals surface area contributed by atoms with Crippen molar-refractivity contribution in [3.63, 3.8) is 0 Å². The van der Waals surface area contributed by atoms with Gasteiger partial charge in [0, 0.05) is 17.1 Å². The summed E-state index contributed by atoms with van der Waals surface area (Å²) in [5.41, 5.74) is 1.28. The maximum atomic E-state index is 13.2. The van der Waals surface area contributed by atoms with E-state index in [4.69, 9.17) is 16.3 Å². The Bertz CT molecular complexity index is 785. The van der Waals surface area contributed by atoms with E-state index in [1.807, 2.05) is 43.3 Å². The number of H-pyrrole nitrogens is 1. The van der Waals surface area contributed by atoms with Crippen LogP contribution in [0.5, 0.6) is 5.75 Å². The van der Waals surface area contributed by atoms with Gasteiger partial charge in [0.25, 0.3) is 0 Å². The third kappa shape index (κ3) is 3.33. The van der Waals surface area contributed by atoms with Gasteiger partial charge >= 0.3 is 0 Å². The van der Waals surface area contributed by atoms with Gasteiger partial charge < -0.3 is 9.72 Å². The molecular formula is C18H18ClFN2O. The molecule has 1 heterocycles. The quantitative estimate of drug-likeness (QED) is 0.694. The molecule has 0 saturated carbocycles. The summed E-state index contributed by atoms with van der Waals surface area (Å²) in [6.45, 7) is 0. The lowest BCUT2D eigenvalue weighted by atomic mass is 10.1. The van der Waals surface area contributed by atoms with Crippen LogP contribution in [0.15, 0.2) is 54.7 Å². The van der Waals surface area contributed by atoms with E-state index in [2.05, 4.69) is 4.98 Å². The summed E-state index contributed by atoms with van der Waals surface area (Å²) in [6, 6.07) is 14.0. The maximum absolute atomic E-state index is 13.2. The number of para-hydroxylation sites is 1. The van der Waals surface area contributed by atoms with E-state index in [0.29, 0.717) is 5.75 Å². The van der Waals surface area contributed by atoms with Gasteiger partial charge in [-0.15, -0.1) is 0 Å². The molecule has 3 rings (SSSR count). The fourth-order valence-corrected chi connectivity index (χ4v) is 3.14. The Morgan fingerprint density at radius 2 is 1.78 bits per heavy atom. The van der Waals surface area contributed by atoms with Crippen LogP contribution in [0.4, 0.5) is 4.39 Å². The second-order valence-electron chi connectivity index (χ2n) is 5.63. The van der Waals surface area contributed by atoms with Crippen LogP contribution in [0.25, 0.3) is 10.9 Å². The van der Waals surface area contributed by atoms with E-state index >= 15 is 0 Å². The van der Waals surface area contributed by atoms with Gasteiger partial charge in [-0.05, 0) is 43.9 Å². The molecule has 1 aromatic heterocycles. The molecule has 1 N–H and O–H groups in total. The second kappa shape index (κ2) is 6.60. The highest BCUT2D eigenvalue weighted by molar-refractivity contribution is 6.20. The van der Waals surface area contributed by atoms with Crippen LogP contribution in [-0.4, -0.2) is 29.5 Å². The lowest BCUT2D eigenvalue weighted by molar-refractivity contribution is 0.157. The van der Waals surface area contributed by atoms with Gasteiger partial charge in [-0.25, -0.2) is 4.39 Å². The average Bonchev–Trinajstić information content (AvgIpc) is 2.92. The van der Waals surface area contributed by atoms with Gasteiger partial charge in [0.15, 0.2) is 5.56 Å². The Labute approximate surface area is 139 Å². The molecule has 0 bridgehead atoms. The van der Waals surface area contributed by atoms with Gasteiger partial charge in [-0.3, -0.25) is 4.90 Å². The van der Waals surface area contributed by atoms with E-state index < -0.39 is 5.56 Å². The zero-order valence-corrected chi connectivity index (χ0v) is 13.7. The fourth-order valence-electron chi connectivity index (χ4n) is 2.67. The zero-order valence-electron chi connectivity index (χ0n) is 13.0. The van der Waals surface area contributed by atoms with Crippen molar-refractivity contribution in [1.82, 2.24) is 9.88 Å². The minimum Gasteiger partial charge on any atom is -0.470 e. The van der Waals surface area contributed by atoms with Gasteiger partial charge in [0.05, 0.1) is 6.04 Å². The molecule has 0 aliphatic heterocycles. The highest BCUT2D eigenvalue weighted by atomic mass is 35.5. The SMILES string of the molecule is CN(C)C(c1ccc(F)cc1)C(Cl)Oc1c[nH]c2ccccc12. The van der Waals surface area contributed by atoms with Crippen molar-refractivity contribution < 1.29 is 9.13 Å². The zero-order chi connectivity index (χ0) is 16.4. The van der Waals surface area contributed by atoms with E-state index in [0.717, 1.165) is 16.5 Å². The molecule has 0 fully saturated rings. The van der Waals surface area contributed by atoms with E-state index in [1.165, 1.54) is 12.1 Å². The van der Waals surface area contributed by atoms with Crippen molar-refractivity contribution in [2.75, 3.05) is 14.1 Å². The molecular weight excluding hydrogens is 315 g/mol. The average molecular weight is 333 g/mol. The number of rotatable bonds is 5. The van der Waals surface area contributed by atoms with E-state index in [1.54, 1.807) is 18.3 Å². The first-order valence-electron chi connectivity index (χ1n) is 7.35. The third-order valence-corrected chi connectivity index (χ3v) is 4.13. The monoisotopic (exact) mass is 332 g/mol. The summed E-state index contributed by atoms with van der Waals surface area (Å²) in [6.07, 6.45) is 1.80. The standard InChI is InChI=1S/C18H18ClFN2O/c1-22(2)17(12-7-9-13(20)10-8-12)18(19)23-16-11-21-15-6-4-3-5-14(15)16/h3-11,17-18,21H,1-2H3. The number of benzene rings is 2. The highest BCUT2D eigenvalue weighted by Gasteiger charge is 2.26. The first-order valence-corrected chi connectivity index (χ1v) is 7.78. The van der Waals surface area contributed by atoms with Gasteiger partial charge in [-0.1, -0.05) is 35.9 Å². The van der Waals surface area contributed by atoms with E-state index in [-0.39, 0.29) is 11.9 Å². The number of likely N-dealkylation sites (N-methyl/N-ethyl adjacent to an activating group) is 1. The Balaban J connectivity index is 1.87. The molecule has 0 spiro atoms. The smallest absolute Gasteiger partial charge is 0.191 e. The summed E-state index contributed by atoms with van der Waals surface area (Å²) in [5.74, 6) is 0.435. The highest BCUT2D eigenvalue weighted by Crippen LogP contribution is 2.32. The molecule has 0 radical (unpaired) electrons. The number of alkyl halides is 1. The molecule has 0 amide bonds.